The topological polar surface area (TPSA) is 96.2 Å². The van der Waals surface area contributed by atoms with Gasteiger partial charge in [-0.3, -0.25) is 0 Å². The molecule has 0 spiro atoms. The minimum absolute atomic E-state index is 0.0132. The number of hydrogen-bond donors (Lipinski definition) is 3. The van der Waals surface area contributed by atoms with E-state index in [1.807, 2.05) is 0 Å². The van der Waals surface area contributed by atoms with Crippen molar-refractivity contribution in [3.05, 3.63) is 42.0 Å². The van der Waals surface area contributed by atoms with Gasteiger partial charge in [-0.15, -0.1) is 0 Å². The summed E-state index contributed by atoms with van der Waals surface area (Å²) in [6, 6.07) is 8.65. The Labute approximate surface area is 123 Å². The molecule has 1 aromatic rings. The zero-order valence-electron chi connectivity index (χ0n) is 12.3. The van der Waals surface area contributed by atoms with Gasteiger partial charge in [-0.25, -0.2) is 4.79 Å². The predicted molar refractivity (Wildman–Crippen MR) is 73.9 cm³/mol. The molecule has 0 radical (unpaired) electrons. The predicted octanol–water partition coefficient (Wildman–Crippen LogP) is 0.0721. The van der Waals surface area contributed by atoms with Gasteiger partial charge in [0, 0.05) is 12.5 Å². The van der Waals surface area contributed by atoms with Gasteiger partial charge in [-0.1, -0.05) is 30.3 Å². The molecule has 6 nitrogen and oxygen atoms in total. The summed E-state index contributed by atoms with van der Waals surface area (Å²) in [4.78, 5) is 11.8. The smallest absolute Gasteiger partial charge is 0.333 e. The quantitative estimate of drug-likeness (QED) is 0.537. The van der Waals surface area contributed by atoms with E-state index in [-0.39, 0.29) is 12.5 Å². The monoisotopic (exact) mass is 295 g/mol. The number of carbonyl (C=O) groups excluding carboxylic acids is 1. The number of hydrogen-bond acceptors (Lipinski definition) is 6. The fourth-order valence-electron chi connectivity index (χ4n) is 1.98. The second kappa shape index (κ2) is 7.33. The van der Waals surface area contributed by atoms with Crippen molar-refractivity contribution in [2.75, 3.05) is 6.61 Å². The highest BCUT2D eigenvalue weighted by atomic mass is 16.7. The van der Waals surface area contributed by atoms with Gasteiger partial charge in [-0.2, -0.15) is 0 Å². The van der Waals surface area contributed by atoms with Crippen LogP contribution in [-0.2, 0) is 14.3 Å². The van der Waals surface area contributed by atoms with Gasteiger partial charge < -0.3 is 24.8 Å². The van der Waals surface area contributed by atoms with E-state index in [0.717, 1.165) is 6.08 Å². The van der Waals surface area contributed by atoms with E-state index in [1.165, 1.54) is 0 Å². The Morgan fingerprint density at radius 1 is 1.43 bits per heavy atom. The maximum atomic E-state index is 11.8. The Balaban J connectivity index is 1.97. The normalized spacial score (nSPS) is 30.6. The third-order valence-electron chi connectivity index (χ3n) is 3.09. The molecule has 1 heterocycles. The molecule has 114 valence electrons. The van der Waals surface area contributed by atoms with Crippen molar-refractivity contribution < 1.29 is 31.0 Å². The molecular formula is C15H18O6. The number of esters is 1. The average molecular weight is 295 g/mol. The number of aliphatic hydroxyl groups is 3. The van der Waals surface area contributed by atoms with Crippen LogP contribution in [0.5, 0.6) is 0 Å². The van der Waals surface area contributed by atoms with Gasteiger partial charge in [-0.05, 0) is 11.6 Å². The molecule has 0 aliphatic carbocycles. The minimum atomic E-state index is -1.23. The van der Waals surface area contributed by atoms with Crippen molar-refractivity contribution in [2.24, 2.45) is 0 Å². The highest BCUT2D eigenvalue weighted by Crippen LogP contribution is 2.21. The lowest BCUT2D eigenvalue weighted by molar-refractivity contribution is -0.248. The summed E-state index contributed by atoms with van der Waals surface area (Å²) >= 11 is 0. The van der Waals surface area contributed by atoms with E-state index in [4.69, 9.17) is 16.0 Å². The molecule has 0 amide bonds. The van der Waals surface area contributed by atoms with E-state index in [9.17, 15) is 15.0 Å². The molecule has 2 rings (SSSR count). The number of benzene rings is 1. The summed E-state index contributed by atoms with van der Waals surface area (Å²) in [6.45, 7) is -0.504. The van der Waals surface area contributed by atoms with Gasteiger partial charge in [0.1, 0.15) is 12.2 Å². The van der Waals surface area contributed by atoms with Crippen molar-refractivity contribution >= 4 is 12.0 Å². The van der Waals surface area contributed by atoms with Crippen LogP contribution in [0, 0.1) is 0 Å². The average Bonchev–Trinajstić information content (AvgIpc) is 2.51. The highest BCUT2D eigenvalue weighted by molar-refractivity contribution is 5.87. The summed E-state index contributed by atoms with van der Waals surface area (Å²) in [7, 11) is 0. The van der Waals surface area contributed by atoms with Crippen LogP contribution in [0.3, 0.4) is 0 Å². The Bertz CT molecular complexity index is 532. The number of aliphatic hydroxyl groups excluding tert-OH is 3. The molecular weight excluding hydrogens is 276 g/mol. The second-order valence-electron chi connectivity index (χ2n) is 4.67. The summed E-state index contributed by atoms with van der Waals surface area (Å²) in [5, 5.41) is 28.3. The molecule has 1 saturated heterocycles. The maximum absolute atomic E-state index is 11.8. The summed E-state index contributed by atoms with van der Waals surface area (Å²) < 4.78 is 18.0. The van der Waals surface area contributed by atoms with Crippen molar-refractivity contribution in [3.63, 3.8) is 0 Å². The summed E-state index contributed by atoms with van der Waals surface area (Å²) in [5.74, 6) is -0.792. The minimum Gasteiger partial charge on any atom is -0.432 e. The molecule has 21 heavy (non-hydrogen) atoms. The molecule has 1 aromatic carbocycles. The van der Waals surface area contributed by atoms with Gasteiger partial charge in [0.15, 0.2) is 0 Å². The fourth-order valence-corrected chi connectivity index (χ4v) is 1.98. The SMILES string of the molecule is [2H]/C(=C\C(=O)OC1C[C@@H](O)[C@H](O)[C@@H](CO)O1)c1ccccc1. The van der Waals surface area contributed by atoms with E-state index in [2.05, 4.69) is 0 Å². The Hall–Kier alpha value is -1.73. The van der Waals surface area contributed by atoms with Crippen LogP contribution in [0.4, 0.5) is 0 Å². The van der Waals surface area contributed by atoms with Gasteiger partial charge in [0.2, 0.25) is 6.29 Å². The number of ether oxygens (including phenoxy) is 2. The third kappa shape index (κ3) is 4.37. The Morgan fingerprint density at radius 3 is 2.81 bits per heavy atom. The second-order valence-corrected chi connectivity index (χ2v) is 4.67. The molecule has 0 saturated carbocycles. The molecule has 1 aliphatic heterocycles. The van der Waals surface area contributed by atoms with E-state index < -0.39 is 37.2 Å². The fraction of sp³-hybridized carbons (Fsp3) is 0.400. The maximum Gasteiger partial charge on any atom is 0.333 e. The Kier molecular flexibility index (Phi) is 4.96. The van der Waals surface area contributed by atoms with Gasteiger partial charge in [0.25, 0.3) is 0 Å². The number of rotatable bonds is 4. The molecule has 0 bridgehead atoms. The van der Waals surface area contributed by atoms with Crippen LogP contribution in [0.15, 0.2) is 36.4 Å². The number of carbonyl (C=O) groups is 1. The first-order valence-corrected chi connectivity index (χ1v) is 6.58. The van der Waals surface area contributed by atoms with Crippen LogP contribution in [0.25, 0.3) is 6.05 Å². The third-order valence-corrected chi connectivity index (χ3v) is 3.09. The highest BCUT2D eigenvalue weighted by Gasteiger charge is 2.37. The van der Waals surface area contributed by atoms with E-state index in [1.54, 1.807) is 30.3 Å². The molecule has 3 N–H and O–H groups in total. The van der Waals surface area contributed by atoms with E-state index >= 15 is 0 Å². The molecule has 6 heteroatoms. The Morgan fingerprint density at radius 2 is 2.14 bits per heavy atom. The largest absolute Gasteiger partial charge is 0.432 e. The van der Waals surface area contributed by atoms with Gasteiger partial charge >= 0.3 is 5.97 Å². The van der Waals surface area contributed by atoms with Crippen LogP contribution >= 0.6 is 0 Å². The van der Waals surface area contributed by atoms with Crippen LogP contribution in [0.1, 0.15) is 13.4 Å². The van der Waals surface area contributed by atoms with Crippen LogP contribution in [0.2, 0.25) is 0 Å². The van der Waals surface area contributed by atoms with Crippen molar-refractivity contribution in [3.8, 4) is 0 Å². The van der Waals surface area contributed by atoms with Gasteiger partial charge in [0.05, 0.1) is 14.1 Å². The summed E-state index contributed by atoms with van der Waals surface area (Å²) in [5.41, 5.74) is 0.563. The van der Waals surface area contributed by atoms with E-state index in [0.29, 0.717) is 5.56 Å². The van der Waals surface area contributed by atoms with Crippen LogP contribution < -0.4 is 0 Å². The summed E-state index contributed by atoms with van der Waals surface area (Å²) in [6.07, 6.45) is -3.58. The zero-order chi connectivity index (χ0) is 16.1. The van der Waals surface area contributed by atoms with Crippen molar-refractivity contribution in [1.82, 2.24) is 0 Å². The first kappa shape index (κ1) is 14.2. The van der Waals surface area contributed by atoms with Crippen molar-refractivity contribution in [1.29, 1.82) is 0 Å². The van der Waals surface area contributed by atoms with Crippen molar-refractivity contribution in [2.45, 2.75) is 31.0 Å². The lowest BCUT2D eigenvalue weighted by Crippen LogP contribution is -2.50. The molecule has 1 aliphatic rings. The molecule has 1 fully saturated rings. The molecule has 0 aromatic heterocycles. The van der Waals surface area contributed by atoms with Crippen LogP contribution in [-0.4, -0.2) is 52.5 Å². The molecule has 1 unspecified atom stereocenters. The first-order chi connectivity index (χ1) is 10.5. The standard InChI is InChI=1S/C15H18O6/c16-9-12-15(19)11(17)8-14(20-12)21-13(18)7-6-10-4-2-1-3-5-10/h1-7,11-12,14-17,19H,8-9H2/b7-6+/t11-,12-,14?,15+/m1/s1/i6D. The lowest BCUT2D eigenvalue weighted by Gasteiger charge is -2.35. The first-order valence-electron chi connectivity index (χ1n) is 7.08. The zero-order valence-corrected chi connectivity index (χ0v) is 11.3. The molecule has 4 atom stereocenters. The lowest BCUT2D eigenvalue weighted by atomic mass is 10.0.